The van der Waals surface area contributed by atoms with E-state index in [1.54, 1.807) is 62.3 Å². The molecule has 2 amide bonds. The number of imidazole rings is 1. The number of carbonyl (C=O) groups is 2. The second-order valence-corrected chi connectivity index (χ2v) is 9.65. The van der Waals surface area contributed by atoms with E-state index in [1.807, 2.05) is 72.9 Å². The van der Waals surface area contributed by atoms with Crippen LogP contribution in [-0.2, 0) is 11.3 Å². The SMILES string of the molecule is COc1cccc(C(=O)N(CC(=O)Nc2nc(-c3ccccc3)cn2-c2ccc(OC)c(OC)c2)Cc2ccccc2)c1. The monoisotopic (exact) mass is 576 g/mol. The van der Waals surface area contributed by atoms with Crippen LogP contribution < -0.4 is 19.5 Å². The lowest BCUT2D eigenvalue weighted by molar-refractivity contribution is -0.117. The van der Waals surface area contributed by atoms with Gasteiger partial charge >= 0.3 is 0 Å². The lowest BCUT2D eigenvalue weighted by Crippen LogP contribution is -2.38. The van der Waals surface area contributed by atoms with E-state index < -0.39 is 5.91 Å². The highest BCUT2D eigenvalue weighted by molar-refractivity contribution is 5.99. The van der Waals surface area contributed by atoms with Crippen molar-refractivity contribution >= 4 is 17.8 Å². The van der Waals surface area contributed by atoms with Crippen LogP contribution in [-0.4, -0.2) is 54.1 Å². The van der Waals surface area contributed by atoms with Crippen LogP contribution in [0.2, 0.25) is 0 Å². The molecule has 5 aromatic rings. The van der Waals surface area contributed by atoms with Crippen molar-refractivity contribution in [3.05, 3.63) is 120 Å². The summed E-state index contributed by atoms with van der Waals surface area (Å²) in [6.07, 6.45) is 1.84. The zero-order chi connectivity index (χ0) is 30.2. The number of ether oxygens (including phenoxy) is 3. The van der Waals surface area contributed by atoms with Gasteiger partial charge in [0.2, 0.25) is 11.9 Å². The highest BCUT2D eigenvalue weighted by atomic mass is 16.5. The summed E-state index contributed by atoms with van der Waals surface area (Å²) in [5.41, 5.74) is 3.57. The van der Waals surface area contributed by atoms with Crippen LogP contribution in [0.25, 0.3) is 16.9 Å². The summed E-state index contributed by atoms with van der Waals surface area (Å²) >= 11 is 0. The number of benzene rings is 4. The number of anilines is 1. The molecule has 0 aliphatic carbocycles. The average molecular weight is 577 g/mol. The molecule has 43 heavy (non-hydrogen) atoms. The number of methoxy groups -OCH3 is 3. The molecule has 0 fully saturated rings. The minimum atomic E-state index is -0.404. The highest BCUT2D eigenvalue weighted by Crippen LogP contribution is 2.32. The number of carbonyl (C=O) groups excluding carboxylic acids is 2. The molecule has 218 valence electrons. The summed E-state index contributed by atoms with van der Waals surface area (Å²) < 4.78 is 18.0. The summed E-state index contributed by atoms with van der Waals surface area (Å²) in [5.74, 6) is 1.26. The van der Waals surface area contributed by atoms with E-state index in [4.69, 9.17) is 19.2 Å². The molecule has 1 heterocycles. The van der Waals surface area contributed by atoms with Gasteiger partial charge in [-0.05, 0) is 35.9 Å². The molecule has 9 heteroatoms. The van der Waals surface area contributed by atoms with Crippen molar-refractivity contribution in [2.24, 2.45) is 0 Å². The molecular weight excluding hydrogens is 544 g/mol. The van der Waals surface area contributed by atoms with Gasteiger partial charge in [0.05, 0.1) is 32.7 Å². The molecule has 0 saturated carbocycles. The minimum Gasteiger partial charge on any atom is -0.497 e. The Morgan fingerprint density at radius 2 is 1.51 bits per heavy atom. The molecule has 0 bridgehead atoms. The van der Waals surface area contributed by atoms with Gasteiger partial charge in [0.1, 0.15) is 12.3 Å². The van der Waals surface area contributed by atoms with Crippen LogP contribution in [0.1, 0.15) is 15.9 Å². The van der Waals surface area contributed by atoms with Crippen molar-refractivity contribution in [3.63, 3.8) is 0 Å². The summed E-state index contributed by atoms with van der Waals surface area (Å²) in [4.78, 5) is 33.5. The van der Waals surface area contributed by atoms with E-state index in [0.29, 0.717) is 40.1 Å². The Labute approximate surface area is 250 Å². The predicted octanol–water partition coefficient (Wildman–Crippen LogP) is 5.85. The van der Waals surface area contributed by atoms with Crippen LogP contribution in [0, 0.1) is 0 Å². The first-order valence-corrected chi connectivity index (χ1v) is 13.6. The Hall–Kier alpha value is -5.57. The van der Waals surface area contributed by atoms with Crippen LogP contribution in [0.15, 0.2) is 109 Å². The zero-order valence-electron chi connectivity index (χ0n) is 24.2. The van der Waals surface area contributed by atoms with Crippen LogP contribution in [0.4, 0.5) is 5.95 Å². The van der Waals surface area contributed by atoms with E-state index >= 15 is 0 Å². The first-order chi connectivity index (χ1) is 21.0. The number of nitrogens with zero attached hydrogens (tertiary/aromatic N) is 3. The van der Waals surface area contributed by atoms with Crippen molar-refractivity contribution < 1.29 is 23.8 Å². The lowest BCUT2D eigenvalue weighted by Gasteiger charge is -2.23. The molecule has 0 aliphatic rings. The largest absolute Gasteiger partial charge is 0.497 e. The molecule has 0 spiro atoms. The number of hydrogen-bond donors (Lipinski definition) is 1. The maximum Gasteiger partial charge on any atom is 0.254 e. The molecule has 1 aromatic heterocycles. The van der Waals surface area contributed by atoms with Crippen molar-refractivity contribution in [2.45, 2.75) is 6.54 Å². The molecule has 0 saturated heterocycles. The summed E-state index contributed by atoms with van der Waals surface area (Å²) in [5, 5.41) is 2.93. The van der Waals surface area contributed by atoms with Gasteiger partial charge in [0.25, 0.3) is 5.91 Å². The Balaban J connectivity index is 1.47. The quantitative estimate of drug-likeness (QED) is 0.212. The molecule has 1 N–H and O–H groups in total. The van der Waals surface area contributed by atoms with Gasteiger partial charge in [0, 0.05) is 29.9 Å². The van der Waals surface area contributed by atoms with E-state index in [2.05, 4.69) is 5.32 Å². The second-order valence-electron chi connectivity index (χ2n) is 9.65. The van der Waals surface area contributed by atoms with Crippen molar-refractivity contribution in [2.75, 3.05) is 33.2 Å². The summed E-state index contributed by atoms with van der Waals surface area (Å²) in [6.45, 7) is 0.0358. The molecule has 4 aromatic carbocycles. The molecule has 0 aliphatic heterocycles. The van der Waals surface area contributed by atoms with Gasteiger partial charge in [-0.15, -0.1) is 0 Å². The fraction of sp³-hybridized carbons (Fsp3) is 0.147. The maximum absolute atomic E-state index is 13.7. The van der Waals surface area contributed by atoms with Gasteiger partial charge in [-0.2, -0.15) is 0 Å². The van der Waals surface area contributed by atoms with Crippen LogP contribution in [0.3, 0.4) is 0 Å². The van der Waals surface area contributed by atoms with Gasteiger partial charge in [-0.3, -0.25) is 19.5 Å². The molecule has 0 unspecified atom stereocenters. The number of hydrogen-bond acceptors (Lipinski definition) is 6. The van der Waals surface area contributed by atoms with E-state index in [-0.39, 0.29) is 19.0 Å². The summed E-state index contributed by atoms with van der Waals surface area (Å²) in [6, 6.07) is 31.5. The standard InChI is InChI=1S/C34H32N4O5/c1-41-28-16-10-15-26(19-28)33(40)37(21-24-11-6-4-7-12-24)23-32(39)36-34-35-29(25-13-8-5-9-14-25)22-38(34)27-17-18-30(42-2)31(20-27)43-3/h4-20,22H,21,23H2,1-3H3,(H,35,36,39). The number of amides is 2. The first-order valence-electron chi connectivity index (χ1n) is 13.6. The Kier molecular flexibility index (Phi) is 9.02. The van der Waals surface area contributed by atoms with E-state index in [9.17, 15) is 9.59 Å². The highest BCUT2D eigenvalue weighted by Gasteiger charge is 2.22. The summed E-state index contributed by atoms with van der Waals surface area (Å²) in [7, 11) is 4.68. The minimum absolute atomic E-state index is 0.204. The molecule has 0 radical (unpaired) electrons. The average Bonchev–Trinajstić information content (AvgIpc) is 3.48. The zero-order valence-corrected chi connectivity index (χ0v) is 24.2. The Bertz CT molecular complexity index is 1700. The van der Waals surface area contributed by atoms with Gasteiger partial charge in [-0.1, -0.05) is 66.7 Å². The Morgan fingerprint density at radius 3 is 2.21 bits per heavy atom. The normalized spacial score (nSPS) is 10.6. The molecule has 5 rings (SSSR count). The van der Waals surface area contributed by atoms with Crippen LogP contribution >= 0.6 is 0 Å². The Morgan fingerprint density at radius 1 is 0.791 bits per heavy atom. The predicted molar refractivity (Wildman–Crippen MR) is 165 cm³/mol. The van der Waals surface area contributed by atoms with E-state index in [1.165, 1.54) is 4.90 Å². The van der Waals surface area contributed by atoms with Crippen molar-refractivity contribution in [1.29, 1.82) is 0 Å². The van der Waals surface area contributed by atoms with E-state index in [0.717, 1.165) is 11.1 Å². The third kappa shape index (κ3) is 6.84. The third-order valence-electron chi connectivity index (χ3n) is 6.83. The van der Waals surface area contributed by atoms with Gasteiger partial charge in [-0.25, -0.2) is 4.98 Å². The van der Waals surface area contributed by atoms with Gasteiger partial charge in [0.15, 0.2) is 11.5 Å². The topological polar surface area (TPSA) is 94.9 Å². The fourth-order valence-electron chi connectivity index (χ4n) is 4.67. The van der Waals surface area contributed by atoms with Crippen molar-refractivity contribution in [3.8, 4) is 34.2 Å². The first kappa shape index (κ1) is 28.9. The smallest absolute Gasteiger partial charge is 0.254 e. The second kappa shape index (κ2) is 13.4. The van der Waals surface area contributed by atoms with Gasteiger partial charge < -0.3 is 19.1 Å². The number of rotatable bonds is 11. The maximum atomic E-state index is 13.7. The fourth-order valence-corrected chi connectivity index (χ4v) is 4.67. The lowest BCUT2D eigenvalue weighted by atomic mass is 10.1. The third-order valence-corrected chi connectivity index (χ3v) is 6.83. The molecule has 0 atom stereocenters. The molecule has 9 nitrogen and oxygen atoms in total. The number of aromatic nitrogens is 2. The van der Waals surface area contributed by atoms with Crippen molar-refractivity contribution in [1.82, 2.24) is 14.5 Å². The van der Waals surface area contributed by atoms with Crippen LogP contribution in [0.5, 0.6) is 17.2 Å². The molecular formula is C34H32N4O5. The number of nitrogens with one attached hydrogen (secondary N) is 1.